The predicted octanol–water partition coefficient (Wildman–Crippen LogP) is 0.258. The molecule has 1 fully saturated rings. The number of rotatable bonds is 7. The van der Waals surface area contributed by atoms with E-state index in [1.165, 1.54) is 0 Å². The van der Waals surface area contributed by atoms with E-state index >= 15 is 0 Å². The van der Waals surface area contributed by atoms with Gasteiger partial charge < -0.3 is 10.0 Å². The highest BCUT2D eigenvalue weighted by Crippen LogP contribution is 2.07. The fourth-order valence-electron chi connectivity index (χ4n) is 2.77. The van der Waals surface area contributed by atoms with Crippen molar-refractivity contribution in [2.45, 2.75) is 6.54 Å². The molecule has 5 heteroatoms. The van der Waals surface area contributed by atoms with Crippen molar-refractivity contribution in [3.63, 3.8) is 0 Å². The number of aliphatic hydroxyl groups is 1. The van der Waals surface area contributed by atoms with Gasteiger partial charge in [-0.2, -0.15) is 0 Å². The number of terminal acetylenes is 1. The van der Waals surface area contributed by atoms with Gasteiger partial charge in [-0.05, 0) is 5.56 Å². The van der Waals surface area contributed by atoms with Crippen LogP contribution in [0.3, 0.4) is 0 Å². The van der Waals surface area contributed by atoms with Gasteiger partial charge in [0.25, 0.3) is 0 Å². The SMILES string of the molecule is C#CCN1CCN(C(=O)CN(CCO)Cc2ccccc2)CC1. The number of nitrogens with zero attached hydrogens (tertiary/aromatic N) is 3. The van der Waals surface area contributed by atoms with E-state index in [0.717, 1.165) is 31.7 Å². The molecule has 1 heterocycles. The van der Waals surface area contributed by atoms with E-state index < -0.39 is 0 Å². The summed E-state index contributed by atoms with van der Waals surface area (Å²) in [6.07, 6.45) is 5.32. The van der Waals surface area contributed by atoms with Gasteiger partial charge >= 0.3 is 0 Å². The lowest BCUT2D eigenvalue weighted by molar-refractivity contribution is -0.134. The molecule has 1 aromatic carbocycles. The maximum absolute atomic E-state index is 12.5. The Labute approximate surface area is 138 Å². The summed E-state index contributed by atoms with van der Waals surface area (Å²) in [5.41, 5.74) is 1.15. The van der Waals surface area contributed by atoms with Gasteiger partial charge in [-0.1, -0.05) is 36.3 Å². The predicted molar refractivity (Wildman–Crippen MR) is 90.7 cm³/mol. The van der Waals surface area contributed by atoms with E-state index in [1.54, 1.807) is 0 Å². The van der Waals surface area contributed by atoms with Crippen LogP contribution >= 0.6 is 0 Å². The largest absolute Gasteiger partial charge is 0.395 e. The molecule has 1 saturated heterocycles. The van der Waals surface area contributed by atoms with Crippen molar-refractivity contribution < 1.29 is 9.90 Å². The fourth-order valence-corrected chi connectivity index (χ4v) is 2.77. The van der Waals surface area contributed by atoms with E-state index in [9.17, 15) is 9.90 Å². The molecule has 0 atom stereocenters. The molecule has 1 aliphatic rings. The van der Waals surface area contributed by atoms with E-state index in [0.29, 0.717) is 26.2 Å². The van der Waals surface area contributed by atoms with Crippen molar-refractivity contribution in [2.75, 3.05) is 52.4 Å². The monoisotopic (exact) mass is 315 g/mol. The van der Waals surface area contributed by atoms with Gasteiger partial charge in [0, 0.05) is 39.3 Å². The lowest BCUT2D eigenvalue weighted by Crippen LogP contribution is -2.51. The molecular formula is C18H25N3O2. The highest BCUT2D eigenvalue weighted by Gasteiger charge is 2.22. The van der Waals surface area contributed by atoms with E-state index in [1.807, 2.05) is 40.1 Å². The number of aliphatic hydroxyl groups excluding tert-OH is 1. The average Bonchev–Trinajstić information content (AvgIpc) is 2.57. The Hall–Kier alpha value is -1.87. The summed E-state index contributed by atoms with van der Waals surface area (Å²) in [5.74, 6) is 2.76. The summed E-state index contributed by atoms with van der Waals surface area (Å²) in [4.78, 5) is 18.5. The third-order valence-electron chi connectivity index (χ3n) is 4.06. The van der Waals surface area contributed by atoms with Crippen LogP contribution in [0, 0.1) is 12.3 Å². The minimum Gasteiger partial charge on any atom is -0.395 e. The molecule has 0 spiro atoms. The van der Waals surface area contributed by atoms with Gasteiger partial charge in [-0.25, -0.2) is 0 Å². The van der Waals surface area contributed by atoms with Crippen molar-refractivity contribution in [3.05, 3.63) is 35.9 Å². The summed E-state index contributed by atoms with van der Waals surface area (Å²) in [5, 5.41) is 9.24. The zero-order valence-electron chi connectivity index (χ0n) is 13.5. The van der Waals surface area contributed by atoms with Crippen LogP contribution in [-0.4, -0.2) is 78.1 Å². The van der Waals surface area contributed by atoms with Crippen molar-refractivity contribution in [1.29, 1.82) is 0 Å². The van der Waals surface area contributed by atoms with Crippen molar-refractivity contribution in [2.24, 2.45) is 0 Å². The zero-order valence-corrected chi connectivity index (χ0v) is 13.5. The van der Waals surface area contributed by atoms with Crippen LogP contribution in [-0.2, 0) is 11.3 Å². The molecule has 0 aromatic heterocycles. The summed E-state index contributed by atoms with van der Waals surface area (Å²) in [6.45, 7) is 5.30. The van der Waals surface area contributed by atoms with Crippen LogP contribution in [0.25, 0.3) is 0 Å². The van der Waals surface area contributed by atoms with Crippen molar-refractivity contribution >= 4 is 5.91 Å². The second kappa shape index (κ2) is 9.31. The van der Waals surface area contributed by atoms with Gasteiger partial charge in [-0.15, -0.1) is 6.42 Å². The molecule has 1 aliphatic heterocycles. The molecule has 0 radical (unpaired) electrons. The van der Waals surface area contributed by atoms with Gasteiger partial charge in [0.1, 0.15) is 0 Å². The molecule has 0 unspecified atom stereocenters. The smallest absolute Gasteiger partial charge is 0.236 e. The Morgan fingerprint density at radius 1 is 1.22 bits per heavy atom. The molecule has 23 heavy (non-hydrogen) atoms. The van der Waals surface area contributed by atoms with Crippen molar-refractivity contribution in [1.82, 2.24) is 14.7 Å². The number of carbonyl (C=O) groups excluding carboxylic acids is 1. The number of carbonyl (C=O) groups is 1. The second-order valence-corrected chi connectivity index (χ2v) is 5.78. The Bertz CT molecular complexity index is 519. The topological polar surface area (TPSA) is 47.0 Å². The first-order chi connectivity index (χ1) is 11.2. The van der Waals surface area contributed by atoms with Crippen LogP contribution < -0.4 is 0 Å². The van der Waals surface area contributed by atoms with Gasteiger partial charge in [0.2, 0.25) is 5.91 Å². The van der Waals surface area contributed by atoms with Crippen LogP contribution in [0.1, 0.15) is 5.56 Å². The molecule has 5 nitrogen and oxygen atoms in total. The molecule has 0 bridgehead atoms. The van der Waals surface area contributed by atoms with Gasteiger partial charge in [-0.3, -0.25) is 14.6 Å². The van der Waals surface area contributed by atoms with Crippen LogP contribution in [0.15, 0.2) is 30.3 Å². The number of hydrogen-bond donors (Lipinski definition) is 1. The van der Waals surface area contributed by atoms with E-state index in [-0.39, 0.29) is 12.5 Å². The highest BCUT2D eigenvalue weighted by atomic mass is 16.3. The van der Waals surface area contributed by atoms with Crippen LogP contribution in [0.5, 0.6) is 0 Å². The fraction of sp³-hybridized carbons (Fsp3) is 0.500. The molecule has 1 N–H and O–H groups in total. The Balaban J connectivity index is 1.85. The second-order valence-electron chi connectivity index (χ2n) is 5.78. The first-order valence-corrected chi connectivity index (χ1v) is 8.03. The molecule has 124 valence electrons. The summed E-state index contributed by atoms with van der Waals surface area (Å²) in [6, 6.07) is 10.0. The quantitative estimate of drug-likeness (QED) is 0.733. The van der Waals surface area contributed by atoms with Crippen LogP contribution in [0.4, 0.5) is 0 Å². The molecule has 0 saturated carbocycles. The first kappa shape index (κ1) is 17.5. The highest BCUT2D eigenvalue weighted by molar-refractivity contribution is 5.78. The van der Waals surface area contributed by atoms with Crippen molar-refractivity contribution in [3.8, 4) is 12.3 Å². The standard InChI is InChI=1S/C18H25N3O2/c1-2-8-19-9-11-21(12-10-19)18(23)16-20(13-14-22)15-17-6-4-3-5-7-17/h1,3-7,22H,8-16H2. The summed E-state index contributed by atoms with van der Waals surface area (Å²) >= 11 is 0. The Kier molecular flexibility index (Phi) is 7.08. The first-order valence-electron chi connectivity index (χ1n) is 8.03. The normalized spacial score (nSPS) is 15.6. The summed E-state index contributed by atoms with van der Waals surface area (Å²) in [7, 11) is 0. The number of hydrogen-bond acceptors (Lipinski definition) is 4. The van der Waals surface area contributed by atoms with Gasteiger partial charge in [0.05, 0.1) is 19.7 Å². The number of amides is 1. The minimum absolute atomic E-state index is 0.0516. The zero-order chi connectivity index (χ0) is 16.5. The Morgan fingerprint density at radius 3 is 2.52 bits per heavy atom. The number of piperazine rings is 1. The van der Waals surface area contributed by atoms with E-state index in [4.69, 9.17) is 6.42 Å². The third-order valence-corrected chi connectivity index (χ3v) is 4.06. The van der Waals surface area contributed by atoms with Crippen LogP contribution in [0.2, 0.25) is 0 Å². The lowest BCUT2D eigenvalue weighted by Gasteiger charge is -2.35. The summed E-state index contributed by atoms with van der Waals surface area (Å²) < 4.78 is 0. The molecule has 1 amide bonds. The molecular weight excluding hydrogens is 290 g/mol. The Morgan fingerprint density at radius 2 is 1.91 bits per heavy atom. The minimum atomic E-state index is 0.0516. The van der Waals surface area contributed by atoms with Gasteiger partial charge in [0.15, 0.2) is 0 Å². The molecule has 2 rings (SSSR count). The molecule has 1 aromatic rings. The maximum atomic E-state index is 12.5. The number of benzene rings is 1. The third kappa shape index (κ3) is 5.68. The van der Waals surface area contributed by atoms with E-state index in [2.05, 4.69) is 10.8 Å². The maximum Gasteiger partial charge on any atom is 0.236 e. The molecule has 0 aliphatic carbocycles. The lowest BCUT2D eigenvalue weighted by atomic mass is 10.2. The average molecular weight is 315 g/mol.